The maximum absolute atomic E-state index is 11.9. The van der Waals surface area contributed by atoms with Crippen molar-refractivity contribution in [1.82, 2.24) is 0 Å². The van der Waals surface area contributed by atoms with Crippen molar-refractivity contribution in [1.29, 1.82) is 5.26 Å². The fraction of sp³-hybridized carbons (Fsp3) is 0.0714. The van der Waals surface area contributed by atoms with E-state index in [2.05, 4.69) is 4.99 Å². The molecule has 1 aliphatic rings. The lowest BCUT2D eigenvalue weighted by molar-refractivity contribution is -0.110. The van der Waals surface area contributed by atoms with Crippen LogP contribution in [0.4, 0.5) is 0 Å². The molecule has 1 aromatic heterocycles. The van der Waals surface area contributed by atoms with Gasteiger partial charge in [-0.2, -0.15) is 5.26 Å². The van der Waals surface area contributed by atoms with Crippen LogP contribution in [-0.2, 0) is 4.79 Å². The van der Waals surface area contributed by atoms with E-state index >= 15 is 0 Å². The molecule has 2 heterocycles. The van der Waals surface area contributed by atoms with Crippen LogP contribution in [0.3, 0.4) is 0 Å². The van der Waals surface area contributed by atoms with Gasteiger partial charge in [0, 0.05) is 10.9 Å². The van der Waals surface area contributed by atoms with E-state index in [1.165, 1.54) is 0 Å². The molecule has 0 atom stereocenters. The molecule has 0 unspecified atom stereocenters. The average molecular weight is 298 g/mol. The Hall–Kier alpha value is -2.72. The summed E-state index contributed by atoms with van der Waals surface area (Å²) >= 11 is 0.689. The van der Waals surface area contributed by atoms with Crippen molar-refractivity contribution in [3.05, 3.63) is 45.8 Å². The Morgan fingerprint density at radius 3 is 2.81 bits per heavy atom. The highest BCUT2D eigenvalue weighted by atomic mass is 32.2. The van der Waals surface area contributed by atoms with Crippen LogP contribution in [0.15, 0.2) is 38.5 Å². The number of carbonyl (C=O) groups is 2. The zero-order valence-corrected chi connectivity index (χ0v) is 11.3. The van der Waals surface area contributed by atoms with Crippen LogP contribution < -0.4 is 5.63 Å². The van der Waals surface area contributed by atoms with Crippen molar-refractivity contribution in [2.75, 3.05) is 0 Å². The summed E-state index contributed by atoms with van der Waals surface area (Å²) in [5.41, 5.74) is -0.318. The Bertz CT molecular complexity index is 921. The van der Waals surface area contributed by atoms with Gasteiger partial charge in [0.1, 0.15) is 22.6 Å². The number of carbonyl (C=O) groups excluding carboxylic acids is 2. The summed E-state index contributed by atoms with van der Waals surface area (Å²) < 4.78 is 5.08. The highest BCUT2D eigenvalue weighted by Crippen LogP contribution is 2.30. The fourth-order valence-corrected chi connectivity index (χ4v) is 2.85. The second kappa shape index (κ2) is 5.00. The zero-order valence-electron chi connectivity index (χ0n) is 10.5. The van der Waals surface area contributed by atoms with Gasteiger partial charge in [-0.15, -0.1) is 0 Å². The van der Waals surface area contributed by atoms with Gasteiger partial charge in [0.15, 0.2) is 0 Å². The lowest BCUT2D eigenvalue weighted by atomic mass is 10.1. The zero-order chi connectivity index (χ0) is 15.0. The standard InChI is InChI=1S/C14H6N2O4S/c15-6-5-9(17)21-13-10-7-3-1-2-4-8(7)20-14(19)11(10)12(18)16-13/h1-4H,5H2. The van der Waals surface area contributed by atoms with Crippen LogP contribution >= 0.6 is 11.8 Å². The second-order valence-corrected chi connectivity index (χ2v) is 5.21. The maximum Gasteiger partial charge on any atom is 0.350 e. The molecule has 3 rings (SSSR count). The minimum atomic E-state index is -0.777. The van der Waals surface area contributed by atoms with Gasteiger partial charge in [-0.05, 0) is 17.8 Å². The Labute approximate surface area is 122 Å². The molecule has 1 aliphatic heterocycles. The lowest BCUT2D eigenvalue weighted by Gasteiger charge is -2.04. The van der Waals surface area contributed by atoms with Gasteiger partial charge in [-0.25, -0.2) is 9.79 Å². The molecule has 0 bridgehead atoms. The molecule has 0 saturated heterocycles. The highest BCUT2D eigenvalue weighted by Gasteiger charge is 2.31. The SMILES string of the molecule is N#CCC(=O)SC1=NC(=O)c2c1c1ccccc1oc2=O. The molecule has 1 aromatic carbocycles. The molecule has 0 aliphatic carbocycles. The third kappa shape index (κ3) is 2.15. The van der Waals surface area contributed by atoms with Crippen molar-refractivity contribution in [3.63, 3.8) is 0 Å². The van der Waals surface area contributed by atoms with E-state index in [4.69, 9.17) is 9.68 Å². The van der Waals surface area contributed by atoms with E-state index in [-0.39, 0.29) is 17.0 Å². The minimum absolute atomic E-state index is 0.138. The molecule has 0 N–H and O–H groups in total. The van der Waals surface area contributed by atoms with Crippen molar-refractivity contribution in [3.8, 4) is 6.07 Å². The van der Waals surface area contributed by atoms with E-state index < -0.39 is 16.6 Å². The summed E-state index contributed by atoms with van der Waals surface area (Å²) in [6.45, 7) is 0. The summed E-state index contributed by atoms with van der Waals surface area (Å²) in [7, 11) is 0. The summed E-state index contributed by atoms with van der Waals surface area (Å²) in [5, 5.41) is 8.76. The molecule has 2 aromatic rings. The van der Waals surface area contributed by atoms with Gasteiger partial charge in [0.05, 0.1) is 6.07 Å². The number of amides is 1. The first-order valence-electron chi connectivity index (χ1n) is 5.88. The number of thioether (sulfide) groups is 1. The predicted octanol–water partition coefficient (Wildman–Crippen LogP) is 1.87. The average Bonchev–Trinajstić information content (AvgIpc) is 2.77. The Morgan fingerprint density at radius 1 is 1.29 bits per heavy atom. The number of rotatable bonds is 1. The normalized spacial score (nSPS) is 12.9. The molecular weight excluding hydrogens is 292 g/mol. The third-order valence-electron chi connectivity index (χ3n) is 2.88. The molecule has 0 fully saturated rings. The maximum atomic E-state index is 11.9. The van der Waals surface area contributed by atoms with Crippen LogP contribution in [0.2, 0.25) is 0 Å². The number of hydrogen-bond acceptors (Lipinski definition) is 6. The Morgan fingerprint density at radius 2 is 2.05 bits per heavy atom. The topological polar surface area (TPSA) is 100 Å². The van der Waals surface area contributed by atoms with Crippen molar-refractivity contribution in [2.45, 2.75) is 6.42 Å². The Kier molecular flexibility index (Phi) is 3.16. The first-order valence-corrected chi connectivity index (χ1v) is 6.70. The number of aliphatic imine (C=N–C) groups is 1. The highest BCUT2D eigenvalue weighted by molar-refractivity contribution is 8.26. The third-order valence-corrected chi connectivity index (χ3v) is 3.74. The fourth-order valence-electron chi connectivity index (χ4n) is 2.05. The molecular formula is C14H6N2O4S. The van der Waals surface area contributed by atoms with E-state index in [0.717, 1.165) is 0 Å². The van der Waals surface area contributed by atoms with Gasteiger partial charge in [0.25, 0.3) is 5.91 Å². The predicted molar refractivity (Wildman–Crippen MR) is 76.2 cm³/mol. The van der Waals surface area contributed by atoms with Crippen LogP contribution in [0.5, 0.6) is 0 Å². The van der Waals surface area contributed by atoms with Crippen LogP contribution in [0, 0.1) is 11.3 Å². The monoisotopic (exact) mass is 298 g/mol. The molecule has 0 radical (unpaired) electrons. The summed E-state index contributed by atoms with van der Waals surface area (Å²) in [5.74, 6) is -0.725. The number of nitriles is 1. The van der Waals surface area contributed by atoms with Crippen LogP contribution in [0.1, 0.15) is 22.3 Å². The van der Waals surface area contributed by atoms with Crippen molar-refractivity contribution < 1.29 is 14.0 Å². The van der Waals surface area contributed by atoms with Gasteiger partial charge < -0.3 is 4.42 Å². The summed E-state index contributed by atoms with van der Waals surface area (Å²) in [6.07, 6.45) is -0.299. The number of hydrogen-bond donors (Lipinski definition) is 0. The van der Waals surface area contributed by atoms with E-state index in [0.29, 0.717) is 28.3 Å². The first kappa shape index (κ1) is 13.3. The van der Waals surface area contributed by atoms with Crippen molar-refractivity contribution in [2.24, 2.45) is 4.99 Å². The molecule has 0 spiro atoms. The van der Waals surface area contributed by atoms with Gasteiger partial charge in [-0.3, -0.25) is 9.59 Å². The van der Waals surface area contributed by atoms with E-state index in [1.54, 1.807) is 30.3 Å². The van der Waals surface area contributed by atoms with E-state index in [9.17, 15) is 14.4 Å². The van der Waals surface area contributed by atoms with E-state index in [1.807, 2.05) is 0 Å². The molecule has 21 heavy (non-hydrogen) atoms. The van der Waals surface area contributed by atoms with Gasteiger partial charge in [0.2, 0.25) is 5.12 Å². The van der Waals surface area contributed by atoms with Crippen molar-refractivity contribution >= 4 is 38.8 Å². The molecule has 0 saturated carbocycles. The molecule has 102 valence electrons. The smallest absolute Gasteiger partial charge is 0.350 e. The molecule has 6 nitrogen and oxygen atoms in total. The molecule has 7 heteroatoms. The number of fused-ring (bicyclic) bond motifs is 3. The summed E-state index contributed by atoms with van der Waals surface area (Å²) in [6, 6.07) is 8.43. The van der Waals surface area contributed by atoms with Gasteiger partial charge >= 0.3 is 5.63 Å². The first-order chi connectivity index (χ1) is 10.1. The molecule has 1 amide bonds. The quantitative estimate of drug-likeness (QED) is 0.745. The number of nitrogens with zero attached hydrogens (tertiary/aromatic N) is 2. The largest absolute Gasteiger partial charge is 0.422 e. The Balaban J connectivity index is 2.22. The lowest BCUT2D eigenvalue weighted by Crippen LogP contribution is -2.13. The summed E-state index contributed by atoms with van der Waals surface area (Å²) in [4.78, 5) is 39.1. The second-order valence-electron chi connectivity index (χ2n) is 4.17. The van der Waals surface area contributed by atoms with Crippen LogP contribution in [-0.4, -0.2) is 16.1 Å². The minimum Gasteiger partial charge on any atom is -0.422 e. The van der Waals surface area contributed by atoms with Gasteiger partial charge in [-0.1, -0.05) is 18.2 Å². The van der Waals surface area contributed by atoms with Crippen LogP contribution in [0.25, 0.3) is 11.0 Å². The number of para-hydroxylation sites is 1. The number of benzene rings is 1.